The van der Waals surface area contributed by atoms with Crippen LogP contribution >= 0.6 is 11.6 Å². The molecular formula is C12H17ClN2O4S. The molecule has 6 nitrogen and oxygen atoms in total. The summed E-state index contributed by atoms with van der Waals surface area (Å²) in [5.74, 6) is -0.640. The third-order valence-corrected chi connectivity index (χ3v) is 3.63. The lowest BCUT2D eigenvalue weighted by atomic mass is 10.1. The molecule has 0 aliphatic rings. The summed E-state index contributed by atoms with van der Waals surface area (Å²) in [4.78, 5) is 11.8. The molecule has 0 spiro atoms. The Morgan fingerprint density at radius 1 is 1.45 bits per heavy atom. The number of anilines is 2. The van der Waals surface area contributed by atoms with E-state index < -0.39 is 15.8 Å². The lowest BCUT2D eigenvalue weighted by molar-refractivity contribution is 0.0527. The van der Waals surface area contributed by atoms with Crippen molar-refractivity contribution < 1.29 is 17.9 Å². The zero-order chi connectivity index (χ0) is 15.3. The van der Waals surface area contributed by atoms with Gasteiger partial charge in [-0.2, -0.15) is 0 Å². The summed E-state index contributed by atoms with van der Waals surface area (Å²) in [6, 6.07) is 2.92. The van der Waals surface area contributed by atoms with Crippen molar-refractivity contribution in [2.75, 3.05) is 36.2 Å². The number of ether oxygens (including phenoxy) is 1. The molecule has 0 aliphatic heterocycles. The molecule has 1 rings (SSSR count). The number of rotatable bonds is 6. The van der Waals surface area contributed by atoms with E-state index in [1.165, 1.54) is 12.1 Å². The van der Waals surface area contributed by atoms with Gasteiger partial charge in [-0.05, 0) is 19.1 Å². The van der Waals surface area contributed by atoms with Crippen LogP contribution in [0.5, 0.6) is 0 Å². The van der Waals surface area contributed by atoms with Crippen molar-refractivity contribution in [3.8, 4) is 0 Å². The highest BCUT2D eigenvalue weighted by molar-refractivity contribution is 7.90. The first-order valence-corrected chi connectivity index (χ1v) is 8.36. The molecule has 20 heavy (non-hydrogen) atoms. The van der Waals surface area contributed by atoms with Gasteiger partial charge >= 0.3 is 5.97 Å². The Morgan fingerprint density at radius 3 is 2.65 bits per heavy atom. The molecule has 0 bridgehead atoms. The number of esters is 1. The number of hydrogen-bond donors (Lipinski definition) is 2. The SMILES string of the molecule is CCOC(=O)c1cc(N)cc(Cl)c1NCCS(C)(=O)=O. The Balaban J connectivity index is 3.01. The van der Waals surface area contributed by atoms with E-state index in [0.717, 1.165) is 6.26 Å². The number of nitrogen functional groups attached to an aromatic ring is 1. The van der Waals surface area contributed by atoms with Crippen LogP contribution in [0, 0.1) is 0 Å². The smallest absolute Gasteiger partial charge is 0.340 e. The highest BCUT2D eigenvalue weighted by atomic mass is 35.5. The third kappa shape index (κ3) is 4.90. The Morgan fingerprint density at radius 2 is 2.10 bits per heavy atom. The van der Waals surface area contributed by atoms with Crippen molar-refractivity contribution >= 4 is 38.8 Å². The minimum Gasteiger partial charge on any atom is -0.462 e. The zero-order valence-corrected chi connectivity index (χ0v) is 12.8. The number of carbonyl (C=O) groups is 1. The standard InChI is InChI=1S/C12H17ClN2O4S/c1-3-19-12(16)9-6-8(14)7-10(13)11(9)15-4-5-20(2,17)18/h6-7,15H,3-5,14H2,1-2H3. The van der Waals surface area contributed by atoms with Gasteiger partial charge in [0.25, 0.3) is 0 Å². The van der Waals surface area contributed by atoms with Crippen molar-refractivity contribution in [1.29, 1.82) is 0 Å². The van der Waals surface area contributed by atoms with Gasteiger partial charge in [0.2, 0.25) is 0 Å². The van der Waals surface area contributed by atoms with Crippen LogP contribution in [0.3, 0.4) is 0 Å². The van der Waals surface area contributed by atoms with Gasteiger partial charge in [0, 0.05) is 18.5 Å². The molecule has 0 unspecified atom stereocenters. The van der Waals surface area contributed by atoms with E-state index in [-0.39, 0.29) is 29.5 Å². The molecule has 1 aromatic carbocycles. The average molecular weight is 321 g/mol. The number of carbonyl (C=O) groups excluding carboxylic acids is 1. The molecule has 0 atom stereocenters. The van der Waals surface area contributed by atoms with E-state index >= 15 is 0 Å². The summed E-state index contributed by atoms with van der Waals surface area (Å²) in [6.07, 6.45) is 1.13. The van der Waals surface area contributed by atoms with Crippen LogP contribution in [-0.4, -0.2) is 39.5 Å². The van der Waals surface area contributed by atoms with E-state index in [0.29, 0.717) is 11.4 Å². The van der Waals surface area contributed by atoms with Crippen molar-refractivity contribution in [3.05, 3.63) is 22.7 Å². The largest absolute Gasteiger partial charge is 0.462 e. The Kier molecular flexibility index (Phi) is 5.64. The number of nitrogens with two attached hydrogens (primary N) is 1. The minimum atomic E-state index is -3.11. The predicted octanol–water partition coefficient (Wildman–Crippen LogP) is 1.56. The summed E-state index contributed by atoms with van der Waals surface area (Å²) in [6.45, 7) is 2.03. The monoisotopic (exact) mass is 320 g/mol. The van der Waals surface area contributed by atoms with Crippen LogP contribution < -0.4 is 11.1 Å². The highest BCUT2D eigenvalue weighted by Crippen LogP contribution is 2.29. The second-order valence-electron chi connectivity index (χ2n) is 4.20. The molecule has 1 aromatic rings. The van der Waals surface area contributed by atoms with E-state index in [1.54, 1.807) is 6.92 Å². The molecule has 0 fully saturated rings. The zero-order valence-electron chi connectivity index (χ0n) is 11.3. The number of sulfone groups is 1. The minimum absolute atomic E-state index is 0.0734. The van der Waals surface area contributed by atoms with Crippen LogP contribution in [0.4, 0.5) is 11.4 Å². The van der Waals surface area contributed by atoms with Crippen molar-refractivity contribution in [2.24, 2.45) is 0 Å². The van der Waals surface area contributed by atoms with E-state index in [1.807, 2.05) is 0 Å². The van der Waals surface area contributed by atoms with Gasteiger partial charge in [0.15, 0.2) is 0 Å². The Bertz CT molecular complexity index is 602. The van der Waals surface area contributed by atoms with Gasteiger partial charge in [-0.1, -0.05) is 11.6 Å². The van der Waals surface area contributed by atoms with Crippen molar-refractivity contribution in [2.45, 2.75) is 6.92 Å². The van der Waals surface area contributed by atoms with Crippen LogP contribution in [0.15, 0.2) is 12.1 Å². The molecule has 0 saturated heterocycles. The van der Waals surface area contributed by atoms with Crippen molar-refractivity contribution in [1.82, 2.24) is 0 Å². The first kappa shape index (κ1) is 16.6. The highest BCUT2D eigenvalue weighted by Gasteiger charge is 2.17. The summed E-state index contributed by atoms with van der Waals surface area (Å²) in [7, 11) is -3.11. The third-order valence-electron chi connectivity index (χ3n) is 2.38. The number of hydrogen-bond acceptors (Lipinski definition) is 6. The van der Waals surface area contributed by atoms with Gasteiger partial charge in [-0.3, -0.25) is 0 Å². The molecular weight excluding hydrogens is 304 g/mol. The number of benzene rings is 1. The first-order valence-electron chi connectivity index (χ1n) is 5.92. The molecule has 0 saturated carbocycles. The second-order valence-corrected chi connectivity index (χ2v) is 6.87. The number of halogens is 1. The van der Waals surface area contributed by atoms with Gasteiger partial charge in [0.05, 0.1) is 28.6 Å². The van der Waals surface area contributed by atoms with E-state index in [2.05, 4.69) is 5.32 Å². The van der Waals surface area contributed by atoms with Crippen LogP contribution in [0.25, 0.3) is 0 Å². The Hall–Kier alpha value is -1.47. The average Bonchev–Trinajstić information content (AvgIpc) is 2.30. The normalized spacial score (nSPS) is 11.2. The lowest BCUT2D eigenvalue weighted by Gasteiger charge is -2.13. The molecule has 0 radical (unpaired) electrons. The molecule has 0 heterocycles. The van der Waals surface area contributed by atoms with Gasteiger partial charge in [-0.15, -0.1) is 0 Å². The van der Waals surface area contributed by atoms with Gasteiger partial charge in [-0.25, -0.2) is 13.2 Å². The molecule has 8 heteroatoms. The maximum absolute atomic E-state index is 11.8. The molecule has 0 aliphatic carbocycles. The fraction of sp³-hybridized carbons (Fsp3) is 0.417. The van der Waals surface area contributed by atoms with Gasteiger partial charge < -0.3 is 15.8 Å². The summed E-state index contributed by atoms with van der Waals surface area (Å²) >= 11 is 6.03. The van der Waals surface area contributed by atoms with Crippen LogP contribution in [-0.2, 0) is 14.6 Å². The lowest BCUT2D eigenvalue weighted by Crippen LogP contribution is -2.17. The Labute approximate surface area is 123 Å². The maximum Gasteiger partial charge on any atom is 0.340 e. The molecule has 0 aromatic heterocycles. The summed E-state index contributed by atoms with van der Waals surface area (Å²) in [5.41, 5.74) is 6.48. The molecule has 112 valence electrons. The fourth-order valence-electron chi connectivity index (χ4n) is 1.54. The van der Waals surface area contributed by atoms with Crippen LogP contribution in [0.1, 0.15) is 17.3 Å². The topological polar surface area (TPSA) is 98.5 Å². The van der Waals surface area contributed by atoms with Crippen molar-refractivity contribution in [3.63, 3.8) is 0 Å². The molecule has 3 N–H and O–H groups in total. The quantitative estimate of drug-likeness (QED) is 0.609. The van der Waals surface area contributed by atoms with Gasteiger partial charge in [0.1, 0.15) is 9.84 Å². The fourth-order valence-corrected chi connectivity index (χ4v) is 2.31. The second kappa shape index (κ2) is 6.81. The van der Waals surface area contributed by atoms with Crippen LogP contribution in [0.2, 0.25) is 5.02 Å². The maximum atomic E-state index is 11.8. The van der Waals surface area contributed by atoms with E-state index in [9.17, 15) is 13.2 Å². The summed E-state index contributed by atoms with van der Waals surface area (Å²) < 4.78 is 27.1. The van der Waals surface area contributed by atoms with E-state index in [4.69, 9.17) is 22.1 Å². The molecule has 0 amide bonds. The number of nitrogens with one attached hydrogen (secondary N) is 1. The predicted molar refractivity (Wildman–Crippen MR) is 80.0 cm³/mol. The summed E-state index contributed by atoms with van der Waals surface area (Å²) in [5, 5.41) is 3.07. The first-order chi connectivity index (χ1) is 9.24.